The average molecular weight is 1100 g/mol. The Morgan fingerprint density at radius 1 is 0.840 bits per heavy atom. The van der Waals surface area contributed by atoms with Gasteiger partial charge in [0.15, 0.2) is 0 Å². The van der Waals surface area contributed by atoms with Gasteiger partial charge < -0.3 is 73.2 Å². The summed E-state index contributed by atoms with van der Waals surface area (Å²) < 4.78 is 16.0. The molecular formula is C46H75N11O16S2. The molecule has 0 aromatic heterocycles. The lowest BCUT2D eigenvalue weighted by atomic mass is 9.95. The van der Waals surface area contributed by atoms with Crippen LogP contribution in [0.2, 0.25) is 0 Å². The summed E-state index contributed by atoms with van der Waals surface area (Å²) in [6.45, 7) is 15.2. The number of carboxylic acids is 1. The van der Waals surface area contributed by atoms with Gasteiger partial charge in [-0.05, 0) is 31.2 Å². The molecule has 0 aromatic carbocycles. The normalized spacial score (nSPS) is 19.7. The van der Waals surface area contributed by atoms with Gasteiger partial charge in [-0.3, -0.25) is 61.7 Å². The van der Waals surface area contributed by atoms with Gasteiger partial charge in [-0.15, -0.1) is 0 Å². The molecule has 2 aliphatic heterocycles. The van der Waals surface area contributed by atoms with Gasteiger partial charge in [0.1, 0.15) is 30.2 Å². The summed E-state index contributed by atoms with van der Waals surface area (Å²) in [6, 6.07) is -7.76. The van der Waals surface area contributed by atoms with Gasteiger partial charge >= 0.3 is 5.97 Å². The first-order chi connectivity index (χ1) is 35.1. The summed E-state index contributed by atoms with van der Waals surface area (Å²) in [4.78, 5) is 145. The number of nitrogens with one attached hydrogen (secondary N) is 8. The third-order valence-electron chi connectivity index (χ3n) is 12.3. The molecule has 12 atom stereocenters. The van der Waals surface area contributed by atoms with E-state index in [-0.39, 0.29) is 54.5 Å². The summed E-state index contributed by atoms with van der Waals surface area (Å²) in [5, 5.41) is 56.9. The van der Waals surface area contributed by atoms with Gasteiger partial charge in [0.05, 0.1) is 59.8 Å². The number of carbonyl (C=O) groups is 11. The SMILES string of the molecule is C=C(C)NC(=C)S(=O)C[C@H](NC(=O)CNC(=O)[C@@H](NC(=O)CC)[C@@H](C)CC)C(=O)N[C@@H](CC(N)=O)C(=O)N1C[C@H](O)C[C@H]1C(=O)N[C@H](C(=O)NSC1CCN(C(=O)CCNC(=O)C(C)CC(=O)O)C1)[C@@H](C)[C@@H](O)CO. The van der Waals surface area contributed by atoms with E-state index < -0.39 is 162 Å². The predicted molar refractivity (Wildman–Crippen MR) is 273 cm³/mol. The number of allylic oxidation sites excluding steroid dienone is 1. The Balaban J connectivity index is 2.29. The maximum absolute atomic E-state index is 14.3. The molecule has 0 radical (unpaired) electrons. The van der Waals surface area contributed by atoms with Gasteiger partial charge in [0.2, 0.25) is 53.2 Å². The fourth-order valence-corrected chi connectivity index (χ4v) is 9.63. The van der Waals surface area contributed by atoms with Crippen molar-refractivity contribution in [3.05, 3.63) is 23.9 Å². The van der Waals surface area contributed by atoms with Crippen LogP contribution in [0.1, 0.15) is 86.5 Å². The molecule has 0 aromatic rings. The van der Waals surface area contributed by atoms with Crippen LogP contribution in [0.5, 0.6) is 0 Å². The first-order valence-corrected chi connectivity index (χ1v) is 26.6. The first-order valence-electron chi connectivity index (χ1n) is 24.4. The third-order valence-corrected chi connectivity index (χ3v) is 14.7. The highest BCUT2D eigenvalue weighted by molar-refractivity contribution is 7.98. The Morgan fingerprint density at radius 3 is 2.09 bits per heavy atom. The van der Waals surface area contributed by atoms with E-state index in [2.05, 4.69) is 55.1 Å². The number of nitrogens with zero attached hydrogens (tertiary/aromatic N) is 2. The zero-order chi connectivity index (χ0) is 56.9. The lowest BCUT2D eigenvalue weighted by Gasteiger charge is -2.32. The molecule has 75 heavy (non-hydrogen) atoms. The quantitative estimate of drug-likeness (QED) is 0.0283. The molecule has 2 aliphatic rings. The number of carbonyl (C=O) groups excluding carboxylic acids is 10. The number of hydrogen-bond donors (Lipinski definition) is 13. The highest BCUT2D eigenvalue weighted by Gasteiger charge is 2.44. The van der Waals surface area contributed by atoms with Crippen molar-refractivity contribution < 1.29 is 77.4 Å². The fourth-order valence-electron chi connectivity index (χ4n) is 7.72. The highest BCUT2D eigenvalue weighted by atomic mass is 32.2. The zero-order valence-corrected chi connectivity index (χ0v) is 44.8. The standard InChI is InChI=1S/C46H75N11O16S2/c1-9-24(5)39(53-35(62)10-2)44(70)49-18-36(63)51-31(22-75(73)27(8)50-23(3)4)42(68)52-30(17-34(47)61)46(72)57-19-28(59)16-32(57)43(69)54-40(26(7)33(60)21-58)45(71)55-74-29-12-14-56(20-29)37(64)11-13-48-41(67)25(6)15-38(65)66/h24-26,28-33,39-40,50,58-60H,3,8-22H2,1-2,4-7H3,(H2,47,61)(H,48,67)(H,49,70)(H,51,63)(H,52,68)(H,53,62)(H,54,69)(H,55,71)(H,65,66)/t24-,25?,26-,28+,29?,30-,31-,32-,33-,39-,40-,75?/m0/s1. The largest absolute Gasteiger partial charge is 0.481 e. The number of likely N-dealkylation sites (tertiary alicyclic amines) is 2. The summed E-state index contributed by atoms with van der Waals surface area (Å²) in [5.74, 6) is -12.3. The Morgan fingerprint density at radius 2 is 1.51 bits per heavy atom. The highest BCUT2D eigenvalue weighted by Crippen LogP contribution is 2.24. The Kier molecular flexibility index (Phi) is 27.4. The van der Waals surface area contributed by atoms with Crippen molar-refractivity contribution in [2.24, 2.45) is 23.5 Å². The average Bonchev–Trinajstić information content (AvgIpc) is 4.00. The number of aliphatic hydroxyl groups excluding tert-OH is 3. The molecule has 10 amide bonds. The first kappa shape index (κ1) is 64.9. The number of hydrogen-bond acceptors (Lipinski definition) is 17. The van der Waals surface area contributed by atoms with Gasteiger partial charge in [-0.2, -0.15) is 0 Å². The summed E-state index contributed by atoms with van der Waals surface area (Å²) in [5.41, 5.74) is 5.82. The van der Waals surface area contributed by atoms with Crippen molar-refractivity contribution in [3.63, 3.8) is 0 Å². The van der Waals surface area contributed by atoms with E-state index in [0.717, 1.165) is 16.8 Å². The maximum Gasteiger partial charge on any atom is 0.304 e. The summed E-state index contributed by atoms with van der Waals surface area (Å²) in [7, 11) is -2.13. The minimum Gasteiger partial charge on any atom is -0.481 e. The van der Waals surface area contributed by atoms with Crippen molar-refractivity contribution in [3.8, 4) is 0 Å². The van der Waals surface area contributed by atoms with E-state index >= 15 is 0 Å². The molecule has 0 aliphatic carbocycles. The number of nitrogens with two attached hydrogens (primary N) is 1. The minimum atomic E-state index is -2.13. The van der Waals surface area contributed by atoms with Crippen LogP contribution >= 0.6 is 11.9 Å². The molecule has 422 valence electrons. The van der Waals surface area contributed by atoms with Crippen molar-refractivity contribution in [1.29, 1.82) is 0 Å². The third kappa shape index (κ3) is 21.5. The fraction of sp³-hybridized carbons (Fsp3) is 0.674. The van der Waals surface area contributed by atoms with Gasteiger partial charge in [-0.25, -0.2) is 0 Å². The molecule has 27 nitrogen and oxygen atoms in total. The Bertz CT molecular complexity index is 2150. The van der Waals surface area contributed by atoms with Crippen LogP contribution in [0.4, 0.5) is 0 Å². The molecule has 0 spiro atoms. The van der Waals surface area contributed by atoms with Crippen molar-refractivity contribution in [2.75, 3.05) is 45.1 Å². The van der Waals surface area contributed by atoms with Crippen LogP contribution in [-0.2, 0) is 63.5 Å². The van der Waals surface area contributed by atoms with E-state index in [1.807, 2.05) is 0 Å². The molecular weight excluding hydrogens is 1030 g/mol. The van der Waals surface area contributed by atoms with E-state index in [1.54, 1.807) is 20.8 Å². The van der Waals surface area contributed by atoms with E-state index in [9.17, 15) is 72.3 Å². The second-order valence-corrected chi connectivity index (χ2v) is 21.2. The van der Waals surface area contributed by atoms with Gasteiger partial charge in [0, 0.05) is 68.2 Å². The van der Waals surface area contributed by atoms with Crippen LogP contribution in [0, 0.1) is 17.8 Å². The Hall–Kier alpha value is -6.17. The van der Waals surface area contributed by atoms with Crippen molar-refractivity contribution in [2.45, 2.75) is 134 Å². The molecule has 2 saturated heterocycles. The maximum atomic E-state index is 14.3. The van der Waals surface area contributed by atoms with Gasteiger partial charge in [-0.1, -0.05) is 54.2 Å². The molecule has 14 N–H and O–H groups in total. The summed E-state index contributed by atoms with van der Waals surface area (Å²) in [6.07, 6.45) is -3.64. The second-order valence-electron chi connectivity index (χ2n) is 18.6. The van der Waals surface area contributed by atoms with Crippen LogP contribution in [0.15, 0.2) is 23.9 Å². The van der Waals surface area contributed by atoms with Crippen LogP contribution in [-0.4, -0.2) is 192 Å². The molecule has 29 heteroatoms. The molecule has 2 fully saturated rings. The van der Waals surface area contributed by atoms with Gasteiger partial charge in [0.25, 0.3) is 5.91 Å². The van der Waals surface area contributed by atoms with Crippen LogP contribution in [0.25, 0.3) is 0 Å². The number of amides is 10. The predicted octanol–water partition coefficient (Wildman–Crippen LogP) is -4.35. The lowest BCUT2D eigenvalue weighted by Crippen LogP contribution is -2.60. The zero-order valence-electron chi connectivity index (χ0n) is 43.1. The summed E-state index contributed by atoms with van der Waals surface area (Å²) >= 11 is 0.927. The molecule has 2 rings (SSSR count). The van der Waals surface area contributed by atoms with E-state index in [0.29, 0.717) is 25.1 Å². The van der Waals surface area contributed by atoms with Crippen molar-refractivity contribution in [1.82, 2.24) is 51.7 Å². The number of rotatable bonds is 32. The number of β-amino-alcohol motifs (C(OH)–C–C–N with tert-alkyl or cyclic N) is 1. The smallest absolute Gasteiger partial charge is 0.304 e. The molecule has 0 saturated carbocycles. The monoisotopic (exact) mass is 1100 g/mol. The van der Waals surface area contributed by atoms with Crippen molar-refractivity contribution >= 4 is 87.8 Å². The van der Waals surface area contributed by atoms with Crippen LogP contribution < -0.4 is 47.7 Å². The topological polar surface area (TPSA) is 414 Å². The number of aliphatic hydroxyl groups is 3. The van der Waals surface area contributed by atoms with E-state index in [1.165, 1.54) is 25.7 Å². The minimum absolute atomic E-state index is 0.0258. The molecule has 2 heterocycles. The second kappa shape index (κ2) is 31.7. The molecule has 3 unspecified atom stereocenters. The number of primary amides is 1. The number of aliphatic carboxylic acids is 1. The number of carboxylic acid groups (broad SMARTS) is 1. The Labute approximate surface area is 442 Å². The van der Waals surface area contributed by atoms with E-state index in [4.69, 9.17) is 10.8 Å². The molecule has 0 bridgehead atoms. The van der Waals surface area contributed by atoms with Crippen LogP contribution in [0.3, 0.4) is 0 Å². The lowest BCUT2D eigenvalue weighted by molar-refractivity contribution is -0.143.